The van der Waals surface area contributed by atoms with Crippen molar-refractivity contribution in [3.8, 4) is 11.1 Å². The molecule has 0 heterocycles. The summed E-state index contributed by atoms with van der Waals surface area (Å²) in [5.74, 6) is 0. The molecule has 0 aliphatic carbocycles. The molecule has 1 atom stereocenters. The van der Waals surface area contributed by atoms with Crippen LogP contribution in [-0.4, -0.2) is 0 Å². The Morgan fingerprint density at radius 1 is 0.344 bits per heavy atom. The van der Waals surface area contributed by atoms with Crippen LogP contribution < -0.4 is 0 Å². The van der Waals surface area contributed by atoms with Crippen molar-refractivity contribution in [1.82, 2.24) is 0 Å². The van der Waals surface area contributed by atoms with E-state index in [9.17, 15) is 0 Å². The van der Waals surface area contributed by atoms with Gasteiger partial charge in [-0.25, -0.2) is 0 Å². The van der Waals surface area contributed by atoms with Crippen molar-refractivity contribution in [1.29, 1.82) is 0 Å². The topological polar surface area (TPSA) is 0 Å². The molecule has 0 aromatic heterocycles. The van der Waals surface area contributed by atoms with Crippen molar-refractivity contribution in [2.75, 3.05) is 0 Å². The highest BCUT2D eigenvalue weighted by Crippen LogP contribution is 2.51. The maximum Gasteiger partial charge on any atom is 0.0123 e. The average Bonchev–Trinajstić information content (AvgIpc) is 2.88. The first kappa shape index (κ1) is 20.7. The first-order valence-electron chi connectivity index (χ1n) is 10.7. The van der Waals surface area contributed by atoms with Gasteiger partial charge >= 0.3 is 0 Å². The lowest BCUT2D eigenvalue weighted by Crippen LogP contribution is -1.89. The van der Waals surface area contributed by atoms with E-state index in [4.69, 9.17) is 0 Å². The van der Waals surface area contributed by atoms with E-state index in [0.29, 0.717) is 0 Å². The normalized spacial score (nSPS) is 12.3. The summed E-state index contributed by atoms with van der Waals surface area (Å²) in [5, 5.41) is 0. The molecule has 156 valence electrons. The molecule has 5 aromatic rings. The fourth-order valence-corrected chi connectivity index (χ4v) is 6.84. The van der Waals surface area contributed by atoms with Crippen molar-refractivity contribution in [2.45, 2.75) is 24.5 Å². The highest BCUT2D eigenvalue weighted by Gasteiger charge is 2.13. The molecule has 1 unspecified atom stereocenters. The Balaban J connectivity index is 1.47. The number of hydrogen-bond donors (Lipinski definition) is 1. The molecule has 0 saturated carbocycles. The zero-order valence-corrected chi connectivity index (χ0v) is 19.3. The largest absolute Gasteiger partial charge is 0.173 e. The van der Waals surface area contributed by atoms with Crippen molar-refractivity contribution in [3.63, 3.8) is 0 Å². The van der Waals surface area contributed by atoms with Crippen molar-refractivity contribution in [3.05, 3.63) is 140 Å². The quantitative estimate of drug-likeness (QED) is 0.253. The van der Waals surface area contributed by atoms with Gasteiger partial charge in [0.1, 0.15) is 0 Å². The number of thiol groups is 1. The molecule has 0 nitrogen and oxygen atoms in total. The maximum atomic E-state index is 2.30. The minimum atomic E-state index is -0.608. The van der Waals surface area contributed by atoms with Crippen LogP contribution in [0.2, 0.25) is 0 Å². The van der Waals surface area contributed by atoms with Crippen LogP contribution in [0.15, 0.2) is 164 Å². The molecule has 0 N–H and O–H groups in total. The number of rotatable bonds is 6. The summed E-state index contributed by atoms with van der Waals surface area (Å²) < 4.78 is 0. The van der Waals surface area contributed by atoms with Gasteiger partial charge in [-0.3, -0.25) is 0 Å². The van der Waals surface area contributed by atoms with Crippen LogP contribution in [-0.2, 0) is 0 Å². The monoisotopic (exact) mass is 448 g/mol. The third-order valence-electron chi connectivity index (χ3n) is 5.32. The Labute approximate surface area is 197 Å². The van der Waals surface area contributed by atoms with Crippen molar-refractivity contribution >= 4 is 22.7 Å². The van der Waals surface area contributed by atoms with Gasteiger partial charge in [0.2, 0.25) is 0 Å². The van der Waals surface area contributed by atoms with Crippen LogP contribution in [0.1, 0.15) is 0 Å². The van der Waals surface area contributed by atoms with Crippen LogP contribution in [0.25, 0.3) is 11.1 Å². The van der Waals surface area contributed by atoms with Gasteiger partial charge in [-0.05, 0) is 86.5 Å². The maximum absolute atomic E-state index is 2.30. The van der Waals surface area contributed by atoms with E-state index >= 15 is 0 Å². The number of hydrogen-bond acceptors (Lipinski definition) is 1. The third-order valence-corrected chi connectivity index (χ3v) is 8.78. The summed E-state index contributed by atoms with van der Waals surface area (Å²) in [6, 6.07) is 50.2. The van der Waals surface area contributed by atoms with Crippen LogP contribution in [0.4, 0.5) is 0 Å². The molecular formula is C30H24S2. The smallest absolute Gasteiger partial charge is 0.0123 e. The first-order chi connectivity index (χ1) is 15.9. The molecule has 0 saturated heterocycles. The van der Waals surface area contributed by atoms with E-state index in [1.165, 1.54) is 35.6 Å². The van der Waals surface area contributed by atoms with Gasteiger partial charge in [-0.15, -0.1) is 0 Å². The Hall–Kier alpha value is -3.20. The second-order valence-corrected chi connectivity index (χ2v) is 10.9. The molecule has 2 heteroatoms. The van der Waals surface area contributed by atoms with Crippen molar-refractivity contribution < 1.29 is 0 Å². The van der Waals surface area contributed by atoms with E-state index < -0.39 is 10.9 Å². The van der Waals surface area contributed by atoms with Gasteiger partial charge in [0.15, 0.2) is 0 Å². The minimum absolute atomic E-state index is 0.608. The minimum Gasteiger partial charge on any atom is -0.173 e. The lowest BCUT2D eigenvalue weighted by atomic mass is 10.1. The number of benzene rings is 5. The lowest BCUT2D eigenvalue weighted by molar-refractivity contribution is 1.29. The fourth-order valence-electron chi connectivity index (χ4n) is 3.75. The second-order valence-electron chi connectivity index (χ2n) is 7.49. The summed E-state index contributed by atoms with van der Waals surface area (Å²) in [6.45, 7) is 0. The molecule has 0 aliphatic rings. The fraction of sp³-hybridized carbons (Fsp3) is 0. The second kappa shape index (κ2) is 9.95. The molecule has 0 fully saturated rings. The predicted octanol–water partition coefficient (Wildman–Crippen LogP) is 8.98. The van der Waals surface area contributed by atoms with E-state index in [0.717, 1.165) is 0 Å². The highest BCUT2D eigenvalue weighted by atomic mass is 32.2. The molecular weight excluding hydrogens is 424 g/mol. The molecule has 32 heavy (non-hydrogen) atoms. The lowest BCUT2D eigenvalue weighted by Gasteiger charge is -2.24. The highest BCUT2D eigenvalue weighted by molar-refractivity contribution is 8.17. The van der Waals surface area contributed by atoms with Gasteiger partial charge < -0.3 is 0 Å². The van der Waals surface area contributed by atoms with Gasteiger partial charge in [0, 0.05) is 9.79 Å². The summed E-state index contributed by atoms with van der Waals surface area (Å²) in [4.78, 5) is 6.65. The Morgan fingerprint density at radius 3 is 1.34 bits per heavy atom. The van der Waals surface area contributed by atoms with E-state index in [2.05, 4.69) is 140 Å². The SMILES string of the molecule is c1ccc(Sc2ccc([SH](c3ccccc3)c3ccc(-c4ccccc4)cc3)cc2)cc1. The van der Waals surface area contributed by atoms with Gasteiger partial charge in [-0.1, -0.05) is 90.6 Å². The summed E-state index contributed by atoms with van der Waals surface area (Å²) in [5.41, 5.74) is 2.51. The molecule has 5 aromatic carbocycles. The summed E-state index contributed by atoms with van der Waals surface area (Å²) in [6.07, 6.45) is 0. The third kappa shape index (κ3) is 4.83. The molecule has 0 aliphatic heterocycles. The van der Waals surface area contributed by atoms with Crippen LogP contribution in [0.5, 0.6) is 0 Å². The first-order valence-corrected chi connectivity index (χ1v) is 12.9. The summed E-state index contributed by atoms with van der Waals surface area (Å²) >= 11 is 1.81. The van der Waals surface area contributed by atoms with E-state index in [1.54, 1.807) is 11.8 Å². The molecule has 0 amide bonds. The van der Waals surface area contributed by atoms with Crippen LogP contribution in [0.3, 0.4) is 0 Å². The van der Waals surface area contributed by atoms with Gasteiger partial charge in [0.05, 0.1) is 0 Å². The Kier molecular flexibility index (Phi) is 6.43. The summed E-state index contributed by atoms with van der Waals surface area (Å²) in [7, 11) is -0.608. The van der Waals surface area contributed by atoms with E-state index in [1.807, 2.05) is 0 Å². The zero-order chi connectivity index (χ0) is 21.6. The van der Waals surface area contributed by atoms with Crippen molar-refractivity contribution in [2.24, 2.45) is 0 Å². The average molecular weight is 449 g/mol. The van der Waals surface area contributed by atoms with E-state index in [-0.39, 0.29) is 0 Å². The van der Waals surface area contributed by atoms with Gasteiger partial charge in [0.25, 0.3) is 0 Å². The molecule has 0 bridgehead atoms. The van der Waals surface area contributed by atoms with Crippen LogP contribution in [0, 0.1) is 0 Å². The standard InChI is InChI=1S/C30H24S2/c1-4-10-24(11-5-1)25-16-20-29(21-17-25)32(28-14-8-3-9-15-28)30-22-18-27(19-23-30)31-26-12-6-2-7-13-26/h1-23,32H. The zero-order valence-electron chi connectivity index (χ0n) is 17.6. The molecule has 5 rings (SSSR count). The molecule has 0 spiro atoms. The van der Waals surface area contributed by atoms with Crippen LogP contribution >= 0.6 is 22.7 Å². The van der Waals surface area contributed by atoms with Gasteiger partial charge in [-0.2, -0.15) is 10.9 Å². The Bertz CT molecular complexity index is 1250. The predicted molar refractivity (Wildman–Crippen MR) is 139 cm³/mol. The Morgan fingerprint density at radius 2 is 0.750 bits per heavy atom. The molecule has 0 radical (unpaired) electrons.